The van der Waals surface area contributed by atoms with E-state index in [4.69, 9.17) is 5.26 Å². The highest BCUT2D eigenvalue weighted by atomic mass is 14.2. The standard InChI is InChI=1S/C17H19N/c1-13-5-7-16(8-6-13)17-10-9-15(4-3-11-18)14(2)12-17/h9-10,12-13,16H,5-8H2,1-2H3. The molecule has 1 aliphatic rings. The number of rotatable bonds is 1. The van der Waals surface area contributed by atoms with Gasteiger partial charge in [-0.25, -0.2) is 0 Å². The maximum Gasteiger partial charge on any atom is 0.152 e. The van der Waals surface area contributed by atoms with Crippen LogP contribution in [-0.2, 0) is 0 Å². The van der Waals surface area contributed by atoms with E-state index in [1.165, 1.54) is 36.8 Å². The summed E-state index contributed by atoms with van der Waals surface area (Å²) in [5.74, 6) is 6.97. The second-order valence-electron chi connectivity index (χ2n) is 5.39. The molecule has 0 saturated heterocycles. The molecule has 0 heterocycles. The summed E-state index contributed by atoms with van der Waals surface area (Å²) in [5, 5.41) is 8.48. The van der Waals surface area contributed by atoms with Crippen LogP contribution in [0.2, 0.25) is 0 Å². The van der Waals surface area contributed by atoms with Crippen molar-refractivity contribution in [2.75, 3.05) is 0 Å². The predicted molar refractivity (Wildman–Crippen MR) is 74.0 cm³/mol. The Balaban J connectivity index is 2.16. The molecule has 0 spiro atoms. The first-order chi connectivity index (χ1) is 8.70. The van der Waals surface area contributed by atoms with Gasteiger partial charge in [-0.1, -0.05) is 37.8 Å². The molecule has 0 atom stereocenters. The molecule has 0 radical (unpaired) electrons. The van der Waals surface area contributed by atoms with E-state index in [9.17, 15) is 0 Å². The van der Waals surface area contributed by atoms with Gasteiger partial charge in [0.1, 0.15) is 0 Å². The highest BCUT2D eigenvalue weighted by Crippen LogP contribution is 2.35. The molecule has 1 fully saturated rings. The molecule has 0 N–H and O–H groups in total. The van der Waals surface area contributed by atoms with E-state index in [0.29, 0.717) is 0 Å². The summed E-state index contributed by atoms with van der Waals surface area (Å²) in [6, 6.07) is 8.37. The van der Waals surface area contributed by atoms with E-state index in [-0.39, 0.29) is 0 Å². The molecule has 18 heavy (non-hydrogen) atoms. The van der Waals surface area contributed by atoms with E-state index in [2.05, 4.69) is 43.9 Å². The van der Waals surface area contributed by atoms with Crippen LogP contribution in [0.4, 0.5) is 0 Å². The molecule has 0 aliphatic heterocycles. The lowest BCUT2D eigenvalue weighted by Gasteiger charge is -2.26. The minimum atomic E-state index is 0.720. The van der Waals surface area contributed by atoms with Crippen molar-refractivity contribution >= 4 is 0 Å². The third kappa shape index (κ3) is 2.93. The lowest BCUT2D eigenvalue weighted by molar-refractivity contribution is 0.348. The van der Waals surface area contributed by atoms with Crippen molar-refractivity contribution in [2.45, 2.75) is 45.4 Å². The summed E-state index contributed by atoms with van der Waals surface area (Å²) in [7, 11) is 0. The lowest BCUT2D eigenvalue weighted by Crippen LogP contribution is -2.11. The molecule has 1 aromatic carbocycles. The molecule has 0 bridgehead atoms. The van der Waals surface area contributed by atoms with E-state index in [1.807, 2.05) is 6.07 Å². The van der Waals surface area contributed by atoms with Crippen molar-refractivity contribution in [3.63, 3.8) is 0 Å². The van der Waals surface area contributed by atoms with Crippen molar-refractivity contribution in [3.8, 4) is 17.9 Å². The van der Waals surface area contributed by atoms with Gasteiger partial charge >= 0.3 is 0 Å². The molecular weight excluding hydrogens is 218 g/mol. The molecule has 1 nitrogen and oxygen atoms in total. The third-order valence-corrected chi connectivity index (χ3v) is 3.99. The normalized spacial score (nSPS) is 22.7. The van der Waals surface area contributed by atoms with Crippen LogP contribution in [-0.4, -0.2) is 0 Å². The van der Waals surface area contributed by atoms with Gasteiger partial charge < -0.3 is 0 Å². The predicted octanol–water partition coefficient (Wildman–Crippen LogP) is 4.16. The van der Waals surface area contributed by atoms with Gasteiger partial charge in [0.05, 0.1) is 0 Å². The maximum absolute atomic E-state index is 8.48. The monoisotopic (exact) mass is 237 g/mol. The molecule has 1 saturated carbocycles. The van der Waals surface area contributed by atoms with Gasteiger partial charge in [-0.2, -0.15) is 5.26 Å². The molecule has 0 unspecified atom stereocenters. The summed E-state index contributed by atoms with van der Waals surface area (Å²) in [4.78, 5) is 0. The van der Waals surface area contributed by atoms with Crippen LogP contribution in [0.5, 0.6) is 0 Å². The van der Waals surface area contributed by atoms with Crippen LogP contribution in [0.3, 0.4) is 0 Å². The Labute approximate surface area is 110 Å². The minimum Gasteiger partial charge on any atom is -0.183 e. The van der Waals surface area contributed by atoms with E-state index >= 15 is 0 Å². The van der Waals surface area contributed by atoms with Crippen LogP contribution in [0, 0.1) is 36.0 Å². The average molecular weight is 237 g/mol. The summed E-state index contributed by atoms with van der Waals surface area (Å²) in [5.41, 5.74) is 3.61. The fourth-order valence-electron chi connectivity index (χ4n) is 2.77. The Kier molecular flexibility index (Phi) is 4.06. The molecule has 1 heteroatoms. The van der Waals surface area contributed by atoms with Gasteiger partial charge in [0.2, 0.25) is 0 Å². The van der Waals surface area contributed by atoms with Crippen molar-refractivity contribution in [3.05, 3.63) is 34.9 Å². The van der Waals surface area contributed by atoms with Crippen molar-refractivity contribution in [1.29, 1.82) is 5.26 Å². The number of aryl methyl sites for hydroxylation is 1. The Morgan fingerprint density at radius 2 is 1.89 bits per heavy atom. The van der Waals surface area contributed by atoms with Crippen molar-refractivity contribution in [2.24, 2.45) is 5.92 Å². The Morgan fingerprint density at radius 3 is 2.50 bits per heavy atom. The molecule has 2 rings (SSSR count). The van der Waals surface area contributed by atoms with Crippen LogP contribution in [0.15, 0.2) is 18.2 Å². The smallest absolute Gasteiger partial charge is 0.152 e. The van der Waals surface area contributed by atoms with E-state index in [1.54, 1.807) is 0 Å². The van der Waals surface area contributed by atoms with Gasteiger partial charge in [0.15, 0.2) is 6.07 Å². The Morgan fingerprint density at radius 1 is 1.17 bits per heavy atom. The van der Waals surface area contributed by atoms with Gasteiger partial charge in [-0.15, -0.1) is 0 Å². The topological polar surface area (TPSA) is 23.8 Å². The van der Waals surface area contributed by atoms with Crippen LogP contribution in [0.1, 0.15) is 55.2 Å². The van der Waals surface area contributed by atoms with Gasteiger partial charge in [-0.05, 0) is 48.8 Å². The average Bonchev–Trinajstić information content (AvgIpc) is 2.38. The Bertz CT molecular complexity index is 517. The quantitative estimate of drug-likeness (QED) is 0.673. The summed E-state index contributed by atoms with van der Waals surface area (Å²) in [6.45, 7) is 4.43. The Hall–Kier alpha value is -1.73. The summed E-state index contributed by atoms with van der Waals surface area (Å²) in [6.07, 6.45) is 5.31. The zero-order chi connectivity index (χ0) is 13.0. The third-order valence-electron chi connectivity index (χ3n) is 3.99. The highest BCUT2D eigenvalue weighted by Gasteiger charge is 2.19. The second kappa shape index (κ2) is 5.74. The van der Waals surface area contributed by atoms with Gasteiger partial charge in [0, 0.05) is 11.5 Å². The lowest BCUT2D eigenvalue weighted by atomic mass is 9.79. The van der Waals surface area contributed by atoms with Crippen molar-refractivity contribution < 1.29 is 0 Å². The number of nitrogens with zero attached hydrogens (tertiary/aromatic N) is 1. The first-order valence-corrected chi connectivity index (χ1v) is 6.71. The maximum atomic E-state index is 8.48. The molecule has 1 aromatic rings. The fraction of sp³-hybridized carbons (Fsp3) is 0.471. The second-order valence-corrected chi connectivity index (χ2v) is 5.39. The SMILES string of the molecule is Cc1cc(C2CCC(C)CC2)ccc1C#CC#N. The number of hydrogen-bond donors (Lipinski definition) is 0. The zero-order valence-electron chi connectivity index (χ0n) is 11.2. The number of benzene rings is 1. The fourth-order valence-corrected chi connectivity index (χ4v) is 2.77. The first-order valence-electron chi connectivity index (χ1n) is 6.71. The largest absolute Gasteiger partial charge is 0.183 e. The number of hydrogen-bond acceptors (Lipinski definition) is 1. The van der Waals surface area contributed by atoms with E-state index < -0.39 is 0 Å². The van der Waals surface area contributed by atoms with Gasteiger partial charge in [-0.3, -0.25) is 0 Å². The first kappa shape index (κ1) is 12.7. The summed E-state index contributed by atoms with van der Waals surface area (Å²) >= 11 is 0. The van der Waals surface area contributed by atoms with Crippen LogP contribution >= 0.6 is 0 Å². The van der Waals surface area contributed by atoms with Crippen molar-refractivity contribution in [1.82, 2.24) is 0 Å². The number of nitriles is 1. The highest BCUT2D eigenvalue weighted by molar-refractivity contribution is 5.45. The minimum absolute atomic E-state index is 0.720. The molecular formula is C17H19N. The molecule has 1 aliphatic carbocycles. The van der Waals surface area contributed by atoms with E-state index in [0.717, 1.165) is 17.4 Å². The molecule has 0 aromatic heterocycles. The molecule has 0 amide bonds. The zero-order valence-corrected chi connectivity index (χ0v) is 11.2. The van der Waals surface area contributed by atoms with Crippen LogP contribution in [0.25, 0.3) is 0 Å². The van der Waals surface area contributed by atoms with Gasteiger partial charge in [0.25, 0.3) is 0 Å². The summed E-state index contributed by atoms with van der Waals surface area (Å²) < 4.78 is 0. The molecule has 92 valence electrons. The van der Waals surface area contributed by atoms with Crippen LogP contribution < -0.4 is 0 Å².